The lowest BCUT2D eigenvalue weighted by molar-refractivity contribution is -0.127. The molecular weight excluding hydrogens is 417 g/mol. The second kappa shape index (κ2) is 12.7. The van der Waals surface area contributed by atoms with Crippen LogP contribution in [0.1, 0.15) is 40.0 Å². The number of likely N-dealkylation sites (N-methyl/N-ethyl adjacent to an activating group) is 1. The van der Waals surface area contributed by atoms with E-state index in [9.17, 15) is 4.79 Å². The summed E-state index contributed by atoms with van der Waals surface area (Å²) in [7, 11) is 3.51. The van der Waals surface area contributed by atoms with Crippen molar-refractivity contribution in [2.75, 3.05) is 46.8 Å². The lowest BCUT2D eigenvalue weighted by Gasteiger charge is -2.27. The van der Waals surface area contributed by atoms with Crippen molar-refractivity contribution < 1.29 is 4.79 Å². The van der Waals surface area contributed by atoms with Gasteiger partial charge in [0.05, 0.1) is 0 Å². The van der Waals surface area contributed by atoms with E-state index in [2.05, 4.69) is 41.3 Å². The van der Waals surface area contributed by atoms with Crippen LogP contribution in [0, 0.1) is 5.92 Å². The Hall–Kier alpha value is -0.570. The minimum Gasteiger partial charge on any atom is -0.356 e. The molecule has 1 aliphatic rings. The third kappa shape index (κ3) is 9.05. The minimum atomic E-state index is 0. The molecule has 0 unspecified atom stereocenters. The maximum Gasteiger partial charge on any atom is 0.243 e. The smallest absolute Gasteiger partial charge is 0.243 e. The largest absolute Gasteiger partial charge is 0.356 e. The zero-order chi connectivity index (χ0) is 17.2. The summed E-state index contributed by atoms with van der Waals surface area (Å²) in [6, 6.07) is 0.565. The van der Waals surface area contributed by atoms with Crippen molar-refractivity contribution in [3.63, 3.8) is 0 Å². The number of likely N-dealkylation sites (tertiary alicyclic amines) is 1. The number of hydrogen-bond donors (Lipinski definition) is 2. The Bertz CT molecular complexity index is 387. The van der Waals surface area contributed by atoms with Crippen LogP contribution in [0.4, 0.5) is 0 Å². The number of rotatable bonds is 8. The molecule has 1 amide bonds. The Morgan fingerprint density at radius 1 is 1.33 bits per heavy atom. The van der Waals surface area contributed by atoms with E-state index in [1.54, 1.807) is 19.0 Å². The van der Waals surface area contributed by atoms with Gasteiger partial charge in [0, 0.05) is 39.8 Å². The topological polar surface area (TPSA) is 60.0 Å². The van der Waals surface area contributed by atoms with Crippen LogP contribution in [0.2, 0.25) is 0 Å². The summed E-state index contributed by atoms with van der Waals surface area (Å²) in [5, 5.41) is 6.71. The molecule has 142 valence electrons. The van der Waals surface area contributed by atoms with Gasteiger partial charge in [0.15, 0.2) is 5.96 Å². The first-order valence-corrected chi connectivity index (χ1v) is 8.90. The molecule has 0 bridgehead atoms. The molecule has 1 saturated heterocycles. The van der Waals surface area contributed by atoms with Crippen LogP contribution in [0.5, 0.6) is 0 Å². The van der Waals surface area contributed by atoms with Gasteiger partial charge < -0.3 is 15.5 Å². The molecule has 6 nitrogen and oxygen atoms in total. The lowest BCUT2D eigenvalue weighted by Crippen LogP contribution is -2.46. The summed E-state index contributed by atoms with van der Waals surface area (Å²) in [5.41, 5.74) is 0. The van der Waals surface area contributed by atoms with Crippen LogP contribution in [0.15, 0.2) is 4.99 Å². The lowest BCUT2D eigenvalue weighted by atomic mass is 10.1. The number of guanidine groups is 1. The van der Waals surface area contributed by atoms with Gasteiger partial charge >= 0.3 is 0 Å². The molecule has 1 aliphatic heterocycles. The normalized spacial score (nSPS) is 18.4. The second-order valence-electron chi connectivity index (χ2n) is 6.95. The molecule has 0 aliphatic carbocycles. The molecule has 1 rings (SSSR count). The number of carbonyl (C=O) groups is 1. The molecule has 2 N–H and O–H groups in total. The van der Waals surface area contributed by atoms with Crippen LogP contribution in [0.25, 0.3) is 0 Å². The van der Waals surface area contributed by atoms with E-state index in [4.69, 9.17) is 0 Å². The van der Waals surface area contributed by atoms with Gasteiger partial charge in [-0.15, -0.1) is 24.0 Å². The van der Waals surface area contributed by atoms with Crippen LogP contribution in [0.3, 0.4) is 0 Å². The zero-order valence-corrected chi connectivity index (χ0v) is 18.3. The van der Waals surface area contributed by atoms with Crippen molar-refractivity contribution >= 4 is 35.8 Å². The van der Waals surface area contributed by atoms with Gasteiger partial charge in [0.25, 0.3) is 0 Å². The summed E-state index contributed by atoms with van der Waals surface area (Å²) in [4.78, 5) is 20.3. The average Bonchev–Trinajstić information content (AvgIpc) is 2.92. The molecule has 1 fully saturated rings. The molecule has 7 heteroatoms. The number of nitrogens with zero attached hydrogens (tertiary/aromatic N) is 3. The standard InChI is InChI=1S/C17H35N5O.HI/c1-6-9-18-17(20-12-16(23)21(4)5)19-11-15-8-7-10-22(15)13-14(2)3;/h14-15H,6-13H2,1-5H3,(H2,18,19,20);1H/t15-;/m1./s1. The highest BCUT2D eigenvalue weighted by Crippen LogP contribution is 2.17. The Morgan fingerprint density at radius 2 is 2.04 bits per heavy atom. The first-order valence-electron chi connectivity index (χ1n) is 8.90. The predicted molar refractivity (Wildman–Crippen MR) is 112 cm³/mol. The van der Waals surface area contributed by atoms with Crippen LogP contribution < -0.4 is 10.6 Å². The summed E-state index contributed by atoms with van der Waals surface area (Å²) in [5.74, 6) is 1.46. The SMILES string of the molecule is CCCNC(=NCC(=O)N(C)C)NC[C@H]1CCCN1CC(C)C.I. The molecule has 0 aromatic rings. The van der Waals surface area contributed by atoms with E-state index in [0.717, 1.165) is 32.0 Å². The van der Waals surface area contributed by atoms with Crippen molar-refractivity contribution in [3.05, 3.63) is 0 Å². The number of amides is 1. The maximum absolute atomic E-state index is 11.7. The highest BCUT2D eigenvalue weighted by atomic mass is 127. The fraction of sp³-hybridized carbons (Fsp3) is 0.882. The summed E-state index contributed by atoms with van der Waals surface area (Å²) >= 11 is 0. The first-order chi connectivity index (χ1) is 10.9. The molecule has 0 aromatic heterocycles. The predicted octanol–water partition coefficient (Wildman–Crippen LogP) is 1.76. The van der Waals surface area contributed by atoms with E-state index < -0.39 is 0 Å². The first kappa shape index (κ1) is 23.4. The van der Waals surface area contributed by atoms with E-state index in [1.807, 2.05) is 0 Å². The molecule has 1 atom stereocenters. The van der Waals surface area contributed by atoms with Crippen LogP contribution in [-0.4, -0.2) is 74.5 Å². The molecular formula is C17H36IN5O. The molecule has 24 heavy (non-hydrogen) atoms. The number of aliphatic imine (C=N–C) groups is 1. The summed E-state index contributed by atoms with van der Waals surface area (Å²) in [6.07, 6.45) is 3.54. The minimum absolute atomic E-state index is 0. The fourth-order valence-electron chi connectivity index (χ4n) is 2.76. The van der Waals surface area contributed by atoms with Gasteiger partial charge in [-0.3, -0.25) is 9.69 Å². The van der Waals surface area contributed by atoms with E-state index in [1.165, 1.54) is 19.4 Å². The Balaban J connectivity index is 0.00000529. The molecule has 0 spiro atoms. The van der Waals surface area contributed by atoms with Crippen molar-refractivity contribution in [1.82, 2.24) is 20.4 Å². The third-order valence-electron chi connectivity index (χ3n) is 4.02. The van der Waals surface area contributed by atoms with E-state index >= 15 is 0 Å². The highest BCUT2D eigenvalue weighted by Gasteiger charge is 2.24. The Labute approximate surface area is 164 Å². The number of carbonyl (C=O) groups excluding carboxylic acids is 1. The monoisotopic (exact) mass is 453 g/mol. The van der Waals surface area contributed by atoms with Crippen molar-refractivity contribution in [2.24, 2.45) is 10.9 Å². The maximum atomic E-state index is 11.7. The van der Waals surface area contributed by atoms with Crippen molar-refractivity contribution in [3.8, 4) is 0 Å². The van der Waals surface area contributed by atoms with E-state index in [-0.39, 0.29) is 36.4 Å². The van der Waals surface area contributed by atoms with Crippen molar-refractivity contribution in [2.45, 2.75) is 46.1 Å². The number of halogens is 1. The Morgan fingerprint density at radius 3 is 2.62 bits per heavy atom. The third-order valence-corrected chi connectivity index (χ3v) is 4.02. The number of nitrogens with one attached hydrogen (secondary N) is 2. The van der Waals surface area contributed by atoms with Crippen molar-refractivity contribution in [1.29, 1.82) is 0 Å². The molecule has 1 heterocycles. The quantitative estimate of drug-likeness (QED) is 0.334. The average molecular weight is 453 g/mol. The fourth-order valence-corrected chi connectivity index (χ4v) is 2.76. The van der Waals surface area contributed by atoms with Gasteiger partial charge in [-0.25, -0.2) is 4.99 Å². The summed E-state index contributed by atoms with van der Waals surface area (Å²) in [6.45, 7) is 10.9. The van der Waals surface area contributed by atoms with Gasteiger partial charge in [-0.2, -0.15) is 0 Å². The number of hydrogen-bond acceptors (Lipinski definition) is 3. The molecule has 0 aromatic carbocycles. The second-order valence-corrected chi connectivity index (χ2v) is 6.95. The van der Waals surface area contributed by atoms with Gasteiger partial charge in [0.2, 0.25) is 5.91 Å². The van der Waals surface area contributed by atoms with Crippen LogP contribution in [-0.2, 0) is 4.79 Å². The van der Waals surface area contributed by atoms with Gasteiger partial charge in [-0.05, 0) is 31.7 Å². The molecule has 0 saturated carbocycles. The molecule has 0 radical (unpaired) electrons. The summed E-state index contributed by atoms with van der Waals surface area (Å²) < 4.78 is 0. The van der Waals surface area contributed by atoms with Gasteiger partial charge in [-0.1, -0.05) is 20.8 Å². The van der Waals surface area contributed by atoms with Crippen LogP contribution >= 0.6 is 24.0 Å². The van der Waals surface area contributed by atoms with Gasteiger partial charge in [0.1, 0.15) is 6.54 Å². The van der Waals surface area contributed by atoms with E-state index in [0.29, 0.717) is 12.0 Å². The zero-order valence-electron chi connectivity index (χ0n) is 16.0. The highest BCUT2D eigenvalue weighted by molar-refractivity contribution is 14.0. The Kier molecular flexibility index (Phi) is 12.4.